The van der Waals surface area contributed by atoms with Gasteiger partial charge in [0.2, 0.25) is 5.91 Å². The monoisotopic (exact) mass is 192 g/mol. The minimum Gasteiger partial charge on any atom is -0.366 e. The molecule has 0 aliphatic heterocycles. The number of aryl methyl sites for hydroxylation is 1. The van der Waals surface area contributed by atoms with E-state index >= 15 is 0 Å². The highest BCUT2D eigenvalue weighted by Crippen LogP contribution is 2.17. The smallest absolute Gasteiger partial charge is 0.249 e. The Bertz CT molecular complexity index is 359. The lowest BCUT2D eigenvalue weighted by atomic mass is 9.97. The zero-order valence-electron chi connectivity index (χ0n) is 8.85. The molecule has 0 saturated heterocycles. The highest BCUT2D eigenvalue weighted by Gasteiger charge is 2.10. The van der Waals surface area contributed by atoms with Gasteiger partial charge in [0.15, 0.2) is 0 Å². The van der Waals surface area contributed by atoms with Gasteiger partial charge in [-0.25, -0.2) is 0 Å². The predicted molar refractivity (Wildman–Crippen MR) is 57.2 cm³/mol. The van der Waals surface area contributed by atoms with Crippen molar-refractivity contribution < 1.29 is 4.79 Å². The van der Waals surface area contributed by atoms with Crippen LogP contribution in [0.25, 0.3) is 0 Å². The number of nitrogens with two attached hydrogens (primary N) is 1. The summed E-state index contributed by atoms with van der Waals surface area (Å²) in [5, 5.41) is 3.04. The average molecular weight is 192 g/mol. The van der Waals surface area contributed by atoms with Gasteiger partial charge in [-0.1, -0.05) is 6.07 Å². The molecule has 0 aromatic heterocycles. The van der Waals surface area contributed by atoms with Crippen LogP contribution < -0.4 is 11.1 Å². The molecule has 0 aliphatic carbocycles. The third kappa shape index (κ3) is 1.93. The van der Waals surface area contributed by atoms with Gasteiger partial charge in [0.05, 0.1) is 0 Å². The Morgan fingerprint density at radius 3 is 2.57 bits per heavy atom. The maximum absolute atomic E-state index is 11.2. The van der Waals surface area contributed by atoms with Crippen molar-refractivity contribution >= 4 is 5.91 Å². The maximum atomic E-state index is 11.2. The molecule has 0 spiro atoms. The van der Waals surface area contributed by atoms with Crippen LogP contribution in [-0.2, 0) is 6.54 Å². The minimum atomic E-state index is -0.363. The largest absolute Gasteiger partial charge is 0.366 e. The number of rotatable bonds is 3. The quantitative estimate of drug-likeness (QED) is 0.754. The van der Waals surface area contributed by atoms with Crippen molar-refractivity contribution in [3.63, 3.8) is 0 Å². The summed E-state index contributed by atoms with van der Waals surface area (Å²) in [7, 11) is 1.85. The highest BCUT2D eigenvalue weighted by molar-refractivity contribution is 5.94. The first kappa shape index (κ1) is 10.7. The number of hydrogen-bond donors (Lipinski definition) is 2. The summed E-state index contributed by atoms with van der Waals surface area (Å²) in [6.07, 6.45) is 0. The van der Waals surface area contributed by atoms with E-state index in [1.807, 2.05) is 27.0 Å². The summed E-state index contributed by atoms with van der Waals surface area (Å²) in [5.41, 5.74) is 9.23. The van der Waals surface area contributed by atoms with Gasteiger partial charge in [-0.05, 0) is 43.7 Å². The average Bonchev–Trinajstić information content (AvgIpc) is 2.13. The fraction of sp³-hybridized carbons (Fsp3) is 0.364. The third-order valence-electron chi connectivity index (χ3n) is 2.49. The molecule has 0 atom stereocenters. The first-order valence-electron chi connectivity index (χ1n) is 4.61. The molecule has 1 aromatic carbocycles. The molecule has 3 nitrogen and oxygen atoms in total. The standard InChI is InChI=1S/C11H16N2O/c1-7-4-5-9(11(12)14)10(6-13-3)8(7)2/h4-5,13H,6H2,1-3H3,(H2,12,14). The molecule has 0 saturated carbocycles. The second kappa shape index (κ2) is 4.24. The number of hydrogen-bond acceptors (Lipinski definition) is 2. The first-order chi connectivity index (χ1) is 6.57. The van der Waals surface area contributed by atoms with Gasteiger partial charge in [-0.15, -0.1) is 0 Å². The number of primary amides is 1. The number of carbonyl (C=O) groups is 1. The van der Waals surface area contributed by atoms with Gasteiger partial charge in [0.25, 0.3) is 0 Å². The summed E-state index contributed by atoms with van der Waals surface area (Å²) in [6.45, 7) is 4.71. The van der Waals surface area contributed by atoms with E-state index in [0.717, 1.165) is 11.1 Å². The minimum absolute atomic E-state index is 0.363. The zero-order chi connectivity index (χ0) is 10.7. The Balaban J connectivity index is 3.29. The number of carbonyl (C=O) groups excluding carboxylic acids is 1. The van der Waals surface area contributed by atoms with E-state index in [-0.39, 0.29) is 5.91 Å². The second-order valence-corrected chi connectivity index (χ2v) is 3.43. The molecule has 0 radical (unpaired) electrons. The van der Waals surface area contributed by atoms with Crippen LogP contribution in [0.15, 0.2) is 12.1 Å². The lowest BCUT2D eigenvalue weighted by Gasteiger charge is -2.12. The van der Waals surface area contributed by atoms with Crippen LogP contribution in [0.3, 0.4) is 0 Å². The van der Waals surface area contributed by atoms with Crippen molar-refractivity contribution in [2.75, 3.05) is 7.05 Å². The van der Waals surface area contributed by atoms with Gasteiger partial charge in [0, 0.05) is 12.1 Å². The Morgan fingerprint density at radius 2 is 2.07 bits per heavy atom. The Labute approximate surface area is 84.3 Å². The summed E-state index contributed by atoms with van der Waals surface area (Å²) in [4.78, 5) is 11.2. The molecule has 0 fully saturated rings. The number of amides is 1. The fourth-order valence-electron chi connectivity index (χ4n) is 1.51. The van der Waals surface area contributed by atoms with Gasteiger partial charge in [-0.2, -0.15) is 0 Å². The van der Waals surface area contributed by atoms with Crippen LogP contribution >= 0.6 is 0 Å². The molecule has 3 heteroatoms. The predicted octanol–water partition coefficient (Wildman–Crippen LogP) is 1.12. The van der Waals surface area contributed by atoms with Crippen LogP contribution in [0.4, 0.5) is 0 Å². The van der Waals surface area contributed by atoms with Crippen LogP contribution in [0.1, 0.15) is 27.0 Å². The van der Waals surface area contributed by atoms with Crippen LogP contribution in [-0.4, -0.2) is 13.0 Å². The van der Waals surface area contributed by atoms with Crippen molar-refractivity contribution in [2.24, 2.45) is 5.73 Å². The molecule has 14 heavy (non-hydrogen) atoms. The van der Waals surface area contributed by atoms with E-state index in [2.05, 4.69) is 5.32 Å². The Morgan fingerprint density at radius 1 is 1.43 bits per heavy atom. The van der Waals surface area contributed by atoms with E-state index in [9.17, 15) is 4.79 Å². The molecule has 1 aromatic rings. The normalized spacial score (nSPS) is 10.2. The Kier molecular flexibility index (Phi) is 3.25. The van der Waals surface area contributed by atoms with E-state index < -0.39 is 0 Å². The topological polar surface area (TPSA) is 55.1 Å². The molecular formula is C11H16N2O. The molecule has 0 bridgehead atoms. The van der Waals surface area contributed by atoms with Crippen molar-refractivity contribution in [3.05, 3.63) is 34.4 Å². The third-order valence-corrected chi connectivity index (χ3v) is 2.49. The number of benzene rings is 1. The van der Waals surface area contributed by atoms with Gasteiger partial charge in [0.1, 0.15) is 0 Å². The fourth-order valence-corrected chi connectivity index (χ4v) is 1.51. The zero-order valence-corrected chi connectivity index (χ0v) is 8.85. The van der Waals surface area contributed by atoms with E-state index in [4.69, 9.17) is 5.73 Å². The van der Waals surface area contributed by atoms with Crippen molar-refractivity contribution in [1.82, 2.24) is 5.32 Å². The van der Waals surface area contributed by atoms with Crippen molar-refractivity contribution in [3.8, 4) is 0 Å². The Hall–Kier alpha value is -1.35. The lowest BCUT2D eigenvalue weighted by molar-refractivity contribution is 0.0999. The molecule has 0 unspecified atom stereocenters. The first-order valence-corrected chi connectivity index (χ1v) is 4.61. The highest BCUT2D eigenvalue weighted by atomic mass is 16.1. The second-order valence-electron chi connectivity index (χ2n) is 3.43. The van der Waals surface area contributed by atoms with E-state index in [1.165, 1.54) is 5.56 Å². The van der Waals surface area contributed by atoms with Crippen molar-refractivity contribution in [2.45, 2.75) is 20.4 Å². The van der Waals surface area contributed by atoms with Gasteiger partial charge >= 0.3 is 0 Å². The van der Waals surface area contributed by atoms with E-state index in [0.29, 0.717) is 12.1 Å². The molecule has 0 aliphatic rings. The van der Waals surface area contributed by atoms with Crippen LogP contribution in [0.5, 0.6) is 0 Å². The van der Waals surface area contributed by atoms with Crippen molar-refractivity contribution in [1.29, 1.82) is 0 Å². The molecular weight excluding hydrogens is 176 g/mol. The number of nitrogens with one attached hydrogen (secondary N) is 1. The van der Waals surface area contributed by atoms with Gasteiger partial charge < -0.3 is 11.1 Å². The summed E-state index contributed by atoms with van der Waals surface area (Å²) < 4.78 is 0. The summed E-state index contributed by atoms with van der Waals surface area (Å²) in [6, 6.07) is 3.71. The van der Waals surface area contributed by atoms with Crippen LogP contribution in [0.2, 0.25) is 0 Å². The van der Waals surface area contributed by atoms with Gasteiger partial charge in [-0.3, -0.25) is 4.79 Å². The summed E-state index contributed by atoms with van der Waals surface area (Å²) >= 11 is 0. The molecule has 1 amide bonds. The lowest BCUT2D eigenvalue weighted by Crippen LogP contribution is -2.18. The maximum Gasteiger partial charge on any atom is 0.249 e. The molecule has 76 valence electrons. The summed E-state index contributed by atoms with van der Waals surface area (Å²) in [5.74, 6) is -0.363. The molecule has 0 heterocycles. The van der Waals surface area contributed by atoms with E-state index in [1.54, 1.807) is 6.07 Å². The SMILES string of the molecule is CNCc1c(C(N)=O)ccc(C)c1C. The molecule has 1 rings (SSSR count). The molecule has 3 N–H and O–H groups in total. The van der Waals surface area contributed by atoms with Crippen LogP contribution in [0, 0.1) is 13.8 Å².